The van der Waals surface area contributed by atoms with E-state index in [1.807, 2.05) is 48.5 Å². The van der Waals surface area contributed by atoms with Crippen molar-refractivity contribution in [2.24, 2.45) is 23.7 Å². The molecule has 0 saturated carbocycles. The second kappa shape index (κ2) is 16.9. The van der Waals surface area contributed by atoms with Gasteiger partial charge in [-0.3, -0.25) is 9.59 Å². The number of methoxy groups -OCH3 is 6. The van der Waals surface area contributed by atoms with E-state index in [-0.39, 0.29) is 53.5 Å². The molecule has 0 bridgehead atoms. The third-order valence-corrected chi connectivity index (χ3v) is 10.2. The minimum Gasteiger partial charge on any atom is -0.502 e. The maximum absolute atomic E-state index is 13.0. The van der Waals surface area contributed by atoms with E-state index in [1.54, 1.807) is 46.6 Å². The van der Waals surface area contributed by atoms with Crippen molar-refractivity contribution in [2.45, 2.75) is 25.7 Å². The highest BCUT2D eigenvalue weighted by Gasteiger charge is 2.38. The number of carbonyl (C=O) groups is 2. The average Bonchev–Trinajstić information content (AvgIpc) is 3.71. The molecule has 2 aliphatic heterocycles. The monoisotopic (exact) mass is 742 g/mol. The standard InChI is InChI=1S/C42H46O12/c1-46-32-10-7-24(17-35(32)48-3)13-28-22-52-41(44)30(28)15-26-9-12-34(37(19-26)50-5)54-39-21-27(20-38(51-6)40(39)43)16-31-29(23-53-42(31)45)14-25-8-11-33(47-2)36(18-25)49-4/h7-12,17-21,28-31,43H,13-16,22-23H2,1-6H3. The molecule has 6 rings (SSSR count). The van der Waals surface area contributed by atoms with Crippen LogP contribution in [0.3, 0.4) is 0 Å². The summed E-state index contributed by atoms with van der Waals surface area (Å²) in [6.07, 6.45) is 1.99. The first kappa shape index (κ1) is 38.0. The van der Waals surface area contributed by atoms with Gasteiger partial charge in [0.1, 0.15) is 0 Å². The van der Waals surface area contributed by atoms with Crippen LogP contribution in [0.15, 0.2) is 66.7 Å². The van der Waals surface area contributed by atoms with Crippen LogP contribution < -0.4 is 33.2 Å². The summed E-state index contributed by atoms with van der Waals surface area (Å²) in [6.45, 7) is 0.610. The highest BCUT2D eigenvalue weighted by atomic mass is 16.5. The van der Waals surface area contributed by atoms with Gasteiger partial charge in [0.15, 0.2) is 46.0 Å². The van der Waals surface area contributed by atoms with Crippen LogP contribution in [0.25, 0.3) is 0 Å². The Morgan fingerprint density at radius 3 is 1.31 bits per heavy atom. The maximum atomic E-state index is 13.0. The second-order valence-corrected chi connectivity index (χ2v) is 13.4. The molecule has 2 aliphatic rings. The van der Waals surface area contributed by atoms with E-state index < -0.39 is 5.92 Å². The Hall–Kier alpha value is -5.78. The summed E-state index contributed by atoms with van der Waals surface area (Å²) >= 11 is 0. The van der Waals surface area contributed by atoms with Crippen molar-refractivity contribution in [3.63, 3.8) is 0 Å². The zero-order chi connectivity index (χ0) is 38.4. The minimum atomic E-state index is -0.438. The smallest absolute Gasteiger partial charge is 0.309 e. The SMILES string of the molecule is COc1ccc(CC2COC(=O)C2Cc2ccc(Oc3cc(CC4C(=O)OCC4Cc4ccc(OC)c(OC)c4)cc(OC)c3O)c(OC)c2)cc1OC. The summed E-state index contributed by atoms with van der Waals surface area (Å²) < 4.78 is 50.2. The van der Waals surface area contributed by atoms with Gasteiger partial charge in [-0.2, -0.15) is 0 Å². The summed E-state index contributed by atoms with van der Waals surface area (Å²) in [7, 11) is 9.33. The van der Waals surface area contributed by atoms with Crippen LogP contribution in [0.1, 0.15) is 22.3 Å². The minimum absolute atomic E-state index is 0.0412. The molecule has 0 aromatic heterocycles. The summed E-state index contributed by atoms with van der Waals surface area (Å²) in [5, 5.41) is 11.1. The highest BCUT2D eigenvalue weighted by Crippen LogP contribution is 2.44. The highest BCUT2D eigenvalue weighted by molar-refractivity contribution is 5.76. The number of phenolic OH excluding ortho intramolecular Hbond substituents is 1. The normalized spacial score (nSPS) is 19.1. The third-order valence-electron chi connectivity index (χ3n) is 10.2. The maximum Gasteiger partial charge on any atom is 0.309 e. The zero-order valence-electron chi connectivity index (χ0n) is 31.3. The molecule has 1 N–H and O–H groups in total. The van der Waals surface area contributed by atoms with Gasteiger partial charge in [0, 0.05) is 11.8 Å². The van der Waals surface area contributed by atoms with Crippen LogP contribution in [0, 0.1) is 23.7 Å². The molecule has 4 atom stereocenters. The number of esters is 2. The van der Waals surface area contributed by atoms with E-state index in [9.17, 15) is 14.7 Å². The van der Waals surface area contributed by atoms with Gasteiger partial charge in [0.05, 0.1) is 67.7 Å². The molecule has 0 amide bonds. The number of hydrogen-bond acceptors (Lipinski definition) is 12. The number of rotatable bonds is 16. The van der Waals surface area contributed by atoms with Gasteiger partial charge in [-0.1, -0.05) is 18.2 Å². The summed E-state index contributed by atoms with van der Waals surface area (Å²) in [4.78, 5) is 25.9. The van der Waals surface area contributed by atoms with Crippen molar-refractivity contribution in [1.29, 1.82) is 0 Å². The van der Waals surface area contributed by atoms with Gasteiger partial charge in [0.25, 0.3) is 0 Å². The fraction of sp³-hybridized carbons (Fsp3) is 0.381. The van der Waals surface area contributed by atoms with Crippen LogP contribution in [-0.2, 0) is 44.7 Å². The molecule has 12 heteroatoms. The lowest BCUT2D eigenvalue weighted by Crippen LogP contribution is -2.21. The number of carbonyl (C=O) groups excluding carboxylic acids is 2. The Bertz CT molecular complexity index is 1970. The zero-order valence-corrected chi connectivity index (χ0v) is 31.3. The molecular weight excluding hydrogens is 696 g/mol. The van der Waals surface area contributed by atoms with Crippen LogP contribution >= 0.6 is 0 Å². The Kier molecular flexibility index (Phi) is 11.9. The molecular formula is C42H46O12. The molecule has 0 spiro atoms. The van der Waals surface area contributed by atoms with Gasteiger partial charge in [0.2, 0.25) is 5.75 Å². The fourth-order valence-corrected chi connectivity index (χ4v) is 7.27. The van der Waals surface area contributed by atoms with E-state index in [1.165, 1.54) is 14.2 Å². The first-order valence-electron chi connectivity index (χ1n) is 17.7. The fourth-order valence-electron chi connectivity index (χ4n) is 7.27. The largest absolute Gasteiger partial charge is 0.502 e. The number of ether oxygens (including phenoxy) is 9. The van der Waals surface area contributed by atoms with Crippen LogP contribution in [-0.4, -0.2) is 72.9 Å². The first-order chi connectivity index (χ1) is 26.2. The molecule has 2 saturated heterocycles. The topological polar surface area (TPSA) is 137 Å². The summed E-state index contributed by atoms with van der Waals surface area (Å²) in [5.74, 6) is 1.92. The molecule has 54 heavy (non-hydrogen) atoms. The molecule has 0 aliphatic carbocycles. The lowest BCUT2D eigenvalue weighted by atomic mass is 9.85. The van der Waals surface area contributed by atoms with Crippen molar-refractivity contribution in [1.82, 2.24) is 0 Å². The van der Waals surface area contributed by atoms with E-state index in [0.717, 1.165) is 22.3 Å². The third kappa shape index (κ3) is 8.22. The van der Waals surface area contributed by atoms with Crippen molar-refractivity contribution in [2.75, 3.05) is 55.9 Å². The molecule has 4 aromatic carbocycles. The van der Waals surface area contributed by atoms with Crippen LogP contribution in [0.4, 0.5) is 0 Å². The lowest BCUT2D eigenvalue weighted by Gasteiger charge is -2.19. The van der Waals surface area contributed by atoms with Crippen LogP contribution in [0.5, 0.6) is 51.7 Å². The van der Waals surface area contributed by atoms with E-state index >= 15 is 0 Å². The Morgan fingerprint density at radius 2 is 0.852 bits per heavy atom. The molecule has 12 nitrogen and oxygen atoms in total. The van der Waals surface area contributed by atoms with Crippen molar-refractivity contribution >= 4 is 11.9 Å². The average molecular weight is 743 g/mol. The Labute approximate surface area is 314 Å². The molecule has 4 unspecified atom stereocenters. The number of benzene rings is 4. The lowest BCUT2D eigenvalue weighted by molar-refractivity contribution is -0.142. The predicted molar refractivity (Wildman–Crippen MR) is 198 cm³/mol. The number of aromatic hydroxyl groups is 1. The second-order valence-electron chi connectivity index (χ2n) is 13.4. The van der Waals surface area contributed by atoms with Crippen molar-refractivity contribution < 1.29 is 57.3 Å². The van der Waals surface area contributed by atoms with E-state index in [4.69, 9.17) is 42.6 Å². The molecule has 0 radical (unpaired) electrons. The number of hydrogen-bond donors (Lipinski definition) is 1. The van der Waals surface area contributed by atoms with Gasteiger partial charge < -0.3 is 47.7 Å². The van der Waals surface area contributed by atoms with Gasteiger partial charge in [-0.15, -0.1) is 0 Å². The van der Waals surface area contributed by atoms with Crippen LogP contribution in [0.2, 0.25) is 0 Å². The molecule has 286 valence electrons. The summed E-state index contributed by atoms with van der Waals surface area (Å²) in [6, 6.07) is 20.3. The Balaban J connectivity index is 1.18. The van der Waals surface area contributed by atoms with Gasteiger partial charge >= 0.3 is 11.9 Å². The van der Waals surface area contributed by atoms with Crippen molar-refractivity contribution in [3.8, 4) is 51.7 Å². The molecule has 4 aromatic rings. The van der Waals surface area contributed by atoms with Gasteiger partial charge in [-0.25, -0.2) is 0 Å². The number of cyclic esters (lactones) is 2. The van der Waals surface area contributed by atoms with E-state index in [2.05, 4.69) is 0 Å². The van der Waals surface area contributed by atoms with E-state index in [0.29, 0.717) is 66.8 Å². The first-order valence-corrected chi connectivity index (χ1v) is 17.7. The molecule has 2 fully saturated rings. The number of phenols is 1. The quantitative estimate of drug-likeness (QED) is 0.128. The predicted octanol–water partition coefficient (Wildman–Crippen LogP) is 6.38. The Morgan fingerprint density at radius 1 is 0.481 bits per heavy atom. The van der Waals surface area contributed by atoms with Crippen molar-refractivity contribution in [3.05, 3.63) is 89.0 Å². The van der Waals surface area contributed by atoms with Gasteiger partial charge in [-0.05, 0) is 96.5 Å². The summed E-state index contributed by atoms with van der Waals surface area (Å²) in [5.41, 5.74) is 3.58. The molecule has 2 heterocycles.